The van der Waals surface area contributed by atoms with Crippen molar-refractivity contribution in [2.75, 3.05) is 12.9 Å². The molecule has 0 bridgehead atoms. The Morgan fingerprint density at radius 3 is 2.60 bits per heavy atom. The van der Waals surface area contributed by atoms with E-state index in [2.05, 4.69) is 35.8 Å². The smallest absolute Gasteiger partial charge is 0.340 e. The Kier molecular flexibility index (Phi) is 11.4. The summed E-state index contributed by atoms with van der Waals surface area (Å²) in [7, 11) is 1.21. The molecule has 0 spiro atoms. The summed E-state index contributed by atoms with van der Waals surface area (Å²) in [4.78, 5) is 40.6. The molecule has 0 saturated heterocycles. The van der Waals surface area contributed by atoms with Crippen LogP contribution < -0.4 is 5.32 Å². The van der Waals surface area contributed by atoms with Gasteiger partial charge in [0.25, 0.3) is 0 Å². The Labute approximate surface area is 211 Å². The minimum absolute atomic E-state index is 0.00403. The van der Waals surface area contributed by atoms with Gasteiger partial charge in [-0.25, -0.2) is 14.2 Å². The lowest BCUT2D eigenvalue weighted by Gasteiger charge is -2.19. The van der Waals surface area contributed by atoms with Gasteiger partial charge in [0.1, 0.15) is 11.6 Å². The van der Waals surface area contributed by atoms with Crippen molar-refractivity contribution in [2.45, 2.75) is 66.5 Å². The molecule has 1 amide bonds. The predicted octanol–water partition coefficient (Wildman–Crippen LogP) is 4.76. The molecule has 0 radical (unpaired) electrons. The van der Waals surface area contributed by atoms with Crippen molar-refractivity contribution in [1.29, 1.82) is 0 Å². The maximum atomic E-state index is 14.5. The topological polar surface area (TPSA) is 90.3 Å². The van der Waals surface area contributed by atoms with Crippen LogP contribution in [0.3, 0.4) is 0 Å². The summed E-state index contributed by atoms with van der Waals surface area (Å²) >= 11 is 1.17. The van der Waals surface area contributed by atoms with Gasteiger partial charge in [0, 0.05) is 31.6 Å². The number of carbonyl (C=O) groups excluding carboxylic acids is 3. The van der Waals surface area contributed by atoms with Crippen molar-refractivity contribution >= 4 is 28.8 Å². The number of aryl methyl sites for hydroxylation is 1. The molecule has 0 aliphatic rings. The summed E-state index contributed by atoms with van der Waals surface area (Å²) in [6.45, 7) is 8.35. The van der Waals surface area contributed by atoms with Gasteiger partial charge in [0.15, 0.2) is 5.12 Å². The zero-order valence-corrected chi connectivity index (χ0v) is 22.0. The molecular weight excluding hydrogens is 469 g/mol. The molecule has 35 heavy (non-hydrogen) atoms. The number of amides is 1. The van der Waals surface area contributed by atoms with E-state index in [1.807, 2.05) is 4.57 Å². The second kappa shape index (κ2) is 14.0. The molecule has 1 heterocycles. The van der Waals surface area contributed by atoms with E-state index >= 15 is 0 Å². The molecule has 1 atom stereocenters. The molecule has 2 aromatic rings. The highest BCUT2D eigenvalue weighted by Crippen LogP contribution is 2.20. The van der Waals surface area contributed by atoms with Gasteiger partial charge >= 0.3 is 5.97 Å². The number of imidazole rings is 1. The Bertz CT molecular complexity index is 1020. The molecule has 0 aliphatic heterocycles. The molecule has 0 aliphatic carbocycles. The monoisotopic (exact) mass is 505 g/mol. The fourth-order valence-corrected chi connectivity index (χ4v) is 4.52. The lowest BCUT2D eigenvalue weighted by atomic mass is 9.98. The maximum Gasteiger partial charge on any atom is 0.340 e. The van der Waals surface area contributed by atoms with E-state index in [1.54, 1.807) is 12.3 Å². The number of aromatic nitrogens is 2. The first-order valence-electron chi connectivity index (χ1n) is 12.0. The number of methoxy groups -OCH3 is 1. The highest BCUT2D eigenvalue weighted by atomic mass is 32.2. The average molecular weight is 506 g/mol. The summed E-state index contributed by atoms with van der Waals surface area (Å²) in [5.41, 5.74) is 1.37. The van der Waals surface area contributed by atoms with E-state index in [0.29, 0.717) is 30.2 Å². The van der Waals surface area contributed by atoms with Crippen molar-refractivity contribution in [3.63, 3.8) is 0 Å². The van der Waals surface area contributed by atoms with Crippen molar-refractivity contribution in [3.05, 3.63) is 52.9 Å². The van der Waals surface area contributed by atoms with Crippen LogP contribution in [0.15, 0.2) is 24.4 Å². The summed E-state index contributed by atoms with van der Waals surface area (Å²) in [5, 5.41) is 3.00. The summed E-state index contributed by atoms with van der Waals surface area (Å²) in [6.07, 6.45) is 5.16. The third kappa shape index (κ3) is 8.80. The molecule has 2 rings (SSSR count). The standard InChI is InChI=1S/C26H36FN3O4S/c1-6-7-8-24-28-13-21(14-29-25(32)20(11-17(2)3)16-35-18(4)31)30(24)15-19-9-10-22(23(27)12-19)26(33)34-5/h9-10,12-13,17,20H,6-8,11,14-16H2,1-5H3,(H,29,32)/t20-/m0/s1. The number of nitrogens with zero attached hydrogens (tertiary/aromatic N) is 2. The van der Waals surface area contributed by atoms with E-state index in [4.69, 9.17) is 0 Å². The molecular formula is C26H36FN3O4S. The normalized spacial score (nSPS) is 12.0. The minimum atomic E-state index is -0.720. The first kappa shape index (κ1) is 28.6. The first-order chi connectivity index (χ1) is 16.7. The summed E-state index contributed by atoms with van der Waals surface area (Å²) in [6, 6.07) is 4.44. The van der Waals surface area contributed by atoms with Crippen molar-refractivity contribution in [2.24, 2.45) is 11.8 Å². The van der Waals surface area contributed by atoms with Crippen molar-refractivity contribution < 1.29 is 23.5 Å². The maximum absolute atomic E-state index is 14.5. The first-order valence-corrected chi connectivity index (χ1v) is 13.0. The number of halogens is 1. The Balaban J connectivity index is 2.21. The number of nitrogens with one attached hydrogen (secondary N) is 1. The number of unbranched alkanes of at least 4 members (excludes halogenated alkanes) is 1. The summed E-state index contributed by atoms with van der Waals surface area (Å²) in [5.74, 6) is -0.0801. The van der Waals surface area contributed by atoms with Gasteiger partial charge in [-0.2, -0.15) is 0 Å². The zero-order chi connectivity index (χ0) is 26.0. The number of hydrogen-bond donors (Lipinski definition) is 1. The molecule has 7 nitrogen and oxygen atoms in total. The fraction of sp³-hybridized carbons (Fsp3) is 0.538. The van der Waals surface area contributed by atoms with Crippen LogP contribution in [0.5, 0.6) is 0 Å². The molecule has 1 aromatic carbocycles. The Hall–Kier alpha value is -2.68. The van der Waals surface area contributed by atoms with Crippen LogP contribution >= 0.6 is 11.8 Å². The number of esters is 1. The lowest BCUT2D eigenvalue weighted by molar-refractivity contribution is -0.125. The lowest BCUT2D eigenvalue weighted by Crippen LogP contribution is -2.33. The Morgan fingerprint density at radius 1 is 1.26 bits per heavy atom. The summed E-state index contributed by atoms with van der Waals surface area (Å²) < 4.78 is 21.1. The van der Waals surface area contributed by atoms with Crippen LogP contribution in [-0.4, -0.2) is 39.4 Å². The predicted molar refractivity (Wildman–Crippen MR) is 136 cm³/mol. The van der Waals surface area contributed by atoms with Gasteiger partial charge in [-0.15, -0.1) is 0 Å². The van der Waals surface area contributed by atoms with Crippen LogP contribution in [0.2, 0.25) is 0 Å². The van der Waals surface area contributed by atoms with Crippen LogP contribution in [0.1, 0.15) is 74.4 Å². The number of thioether (sulfide) groups is 1. The minimum Gasteiger partial charge on any atom is -0.465 e. The molecule has 0 saturated carbocycles. The van der Waals surface area contributed by atoms with Gasteiger partial charge in [-0.3, -0.25) is 9.59 Å². The molecule has 1 N–H and O–H groups in total. The van der Waals surface area contributed by atoms with Crippen molar-refractivity contribution in [1.82, 2.24) is 14.9 Å². The van der Waals surface area contributed by atoms with Gasteiger partial charge in [-0.1, -0.05) is 45.0 Å². The van der Waals surface area contributed by atoms with Crippen LogP contribution in [0.4, 0.5) is 4.39 Å². The third-order valence-corrected chi connectivity index (χ3v) is 6.59. The van der Waals surface area contributed by atoms with Gasteiger partial charge < -0.3 is 14.6 Å². The van der Waals surface area contributed by atoms with E-state index < -0.39 is 11.8 Å². The SMILES string of the molecule is CCCCc1ncc(CNC(=O)[C@H](CSC(C)=O)CC(C)C)n1Cc1ccc(C(=O)OC)c(F)c1. The second-order valence-corrected chi connectivity index (χ2v) is 10.2. The number of hydrogen-bond acceptors (Lipinski definition) is 6. The quantitative estimate of drug-likeness (QED) is 0.395. The van der Waals surface area contributed by atoms with E-state index in [1.165, 1.54) is 37.9 Å². The highest BCUT2D eigenvalue weighted by molar-refractivity contribution is 8.13. The van der Waals surface area contributed by atoms with Crippen LogP contribution in [0.25, 0.3) is 0 Å². The molecule has 1 aromatic heterocycles. The Morgan fingerprint density at radius 2 is 2.00 bits per heavy atom. The number of benzene rings is 1. The van der Waals surface area contributed by atoms with E-state index in [9.17, 15) is 18.8 Å². The van der Waals surface area contributed by atoms with Gasteiger partial charge in [-0.05, 0) is 36.5 Å². The van der Waals surface area contributed by atoms with Gasteiger partial charge in [0.05, 0.1) is 31.1 Å². The van der Waals surface area contributed by atoms with Gasteiger partial charge in [0.2, 0.25) is 5.91 Å². The number of carbonyl (C=O) groups is 3. The average Bonchev–Trinajstić information content (AvgIpc) is 3.19. The highest BCUT2D eigenvalue weighted by Gasteiger charge is 2.22. The van der Waals surface area contributed by atoms with Crippen molar-refractivity contribution in [3.8, 4) is 0 Å². The molecule has 9 heteroatoms. The molecule has 0 fully saturated rings. The third-order valence-electron chi connectivity index (χ3n) is 5.61. The van der Waals surface area contributed by atoms with Crippen LogP contribution in [-0.2, 0) is 33.8 Å². The zero-order valence-electron chi connectivity index (χ0n) is 21.2. The number of ether oxygens (including phenoxy) is 1. The number of rotatable bonds is 13. The van der Waals surface area contributed by atoms with Crippen LogP contribution in [0, 0.1) is 17.7 Å². The van der Waals surface area contributed by atoms with E-state index in [-0.39, 0.29) is 29.0 Å². The molecule has 0 unspecified atom stereocenters. The largest absolute Gasteiger partial charge is 0.465 e. The van der Waals surface area contributed by atoms with E-state index in [0.717, 1.165) is 30.8 Å². The second-order valence-electron chi connectivity index (χ2n) is 9.01. The fourth-order valence-electron chi connectivity index (χ4n) is 3.80. The molecule has 192 valence electrons.